The molecule has 0 N–H and O–H groups in total. The second-order valence-electron chi connectivity index (χ2n) is 9.78. The van der Waals surface area contributed by atoms with E-state index in [2.05, 4.69) is 49.2 Å². The first-order valence-corrected chi connectivity index (χ1v) is 14.0. The third-order valence-corrected chi connectivity index (χ3v) is 7.87. The van der Waals surface area contributed by atoms with Crippen LogP contribution in [0.3, 0.4) is 0 Å². The number of ether oxygens (including phenoxy) is 2. The van der Waals surface area contributed by atoms with Crippen molar-refractivity contribution in [1.82, 2.24) is 4.98 Å². The fraction of sp³-hybridized carbons (Fsp3) is 0.393. The quantitative estimate of drug-likeness (QED) is 0.385. The number of hydrogen-bond donors (Lipinski definition) is 0. The lowest BCUT2D eigenvalue weighted by atomic mass is 9.94. The Kier molecular flexibility index (Phi) is 6.11. The highest BCUT2D eigenvalue weighted by molar-refractivity contribution is 7.90. The lowest BCUT2D eigenvalue weighted by molar-refractivity contribution is 0.293. The van der Waals surface area contributed by atoms with Crippen LogP contribution in [0.4, 0.5) is 0 Å². The summed E-state index contributed by atoms with van der Waals surface area (Å²) >= 11 is 0. The van der Waals surface area contributed by atoms with Gasteiger partial charge in [-0.2, -0.15) is 0 Å². The van der Waals surface area contributed by atoms with Gasteiger partial charge >= 0.3 is 0 Å². The molecular weight excluding hydrogens is 446 g/mol. The predicted molar refractivity (Wildman–Crippen MR) is 134 cm³/mol. The minimum absolute atomic E-state index is 0.139. The van der Waals surface area contributed by atoms with Crippen molar-refractivity contribution in [3.05, 3.63) is 76.5 Å². The summed E-state index contributed by atoms with van der Waals surface area (Å²) < 4.78 is 34.5. The molecule has 1 aromatic heterocycles. The maximum Gasteiger partial charge on any atom is 0.213 e. The molecule has 1 heterocycles. The molecule has 0 aliphatic heterocycles. The van der Waals surface area contributed by atoms with E-state index in [1.54, 1.807) is 0 Å². The fourth-order valence-electron chi connectivity index (χ4n) is 5.16. The van der Waals surface area contributed by atoms with Gasteiger partial charge in [0.15, 0.2) is 0 Å². The summed E-state index contributed by atoms with van der Waals surface area (Å²) in [5, 5.41) is 0. The zero-order valence-corrected chi connectivity index (χ0v) is 20.8. The molecule has 2 atom stereocenters. The van der Waals surface area contributed by atoms with Crippen molar-refractivity contribution in [2.75, 3.05) is 18.6 Å². The first kappa shape index (κ1) is 22.9. The second kappa shape index (κ2) is 9.06. The van der Waals surface area contributed by atoms with Crippen molar-refractivity contribution in [3.8, 4) is 22.8 Å². The number of pyridine rings is 1. The van der Waals surface area contributed by atoms with Crippen molar-refractivity contribution >= 4 is 9.84 Å². The molecule has 0 spiro atoms. The highest BCUT2D eigenvalue weighted by atomic mass is 32.2. The summed E-state index contributed by atoms with van der Waals surface area (Å²) in [6, 6.07) is 14.6. The van der Waals surface area contributed by atoms with E-state index in [1.165, 1.54) is 35.8 Å². The molecule has 2 unspecified atom stereocenters. The van der Waals surface area contributed by atoms with Crippen LogP contribution in [0.25, 0.3) is 11.1 Å². The van der Waals surface area contributed by atoms with E-state index in [9.17, 15) is 8.42 Å². The largest absolute Gasteiger partial charge is 0.494 e. The summed E-state index contributed by atoms with van der Waals surface area (Å²) in [5.41, 5.74) is 8.49. The summed E-state index contributed by atoms with van der Waals surface area (Å²) in [7, 11) is -2.96. The number of sulfone groups is 1. The Labute approximate surface area is 202 Å². The Morgan fingerprint density at radius 3 is 2.62 bits per heavy atom. The van der Waals surface area contributed by atoms with Crippen LogP contribution in [0.2, 0.25) is 0 Å². The lowest BCUT2D eigenvalue weighted by Gasteiger charge is -2.15. The van der Waals surface area contributed by atoms with Crippen molar-refractivity contribution in [2.45, 2.75) is 45.6 Å². The summed E-state index contributed by atoms with van der Waals surface area (Å²) in [4.78, 5) is 4.54. The first-order chi connectivity index (χ1) is 16.3. The molecule has 1 saturated carbocycles. The van der Waals surface area contributed by atoms with E-state index in [0.717, 1.165) is 39.8 Å². The number of nitrogens with zero attached hydrogens (tertiary/aromatic N) is 1. The second-order valence-corrected chi connectivity index (χ2v) is 12.0. The van der Waals surface area contributed by atoms with Crippen molar-refractivity contribution in [2.24, 2.45) is 5.92 Å². The van der Waals surface area contributed by atoms with Crippen LogP contribution < -0.4 is 9.47 Å². The number of aryl methyl sites for hydroxylation is 2. The van der Waals surface area contributed by atoms with Gasteiger partial charge in [0, 0.05) is 18.5 Å². The Balaban J connectivity index is 1.25. The maximum atomic E-state index is 11.3. The summed E-state index contributed by atoms with van der Waals surface area (Å²) in [6.45, 7) is 5.02. The highest BCUT2D eigenvalue weighted by Gasteiger charge is 2.45. The van der Waals surface area contributed by atoms with Gasteiger partial charge in [0.25, 0.3) is 0 Å². The monoisotopic (exact) mass is 477 g/mol. The number of rotatable bonds is 9. The van der Waals surface area contributed by atoms with E-state index >= 15 is 0 Å². The standard InChI is InChI=1S/C28H31NO4S/c1-18-10-24(32-8-5-9-34(3,30)31)11-19(2)28(18)21-7-4-6-20(12-21)17-33-27-15-23-13-22-14-25(22)26(23)16-29-27/h4,6-7,10-12,15-16,22,25H,5,8-9,13-14,17H2,1-3H3. The van der Waals surface area contributed by atoms with E-state index in [-0.39, 0.29) is 5.75 Å². The zero-order valence-electron chi connectivity index (χ0n) is 20.0. The molecule has 1 fully saturated rings. The SMILES string of the molecule is Cc1cc(OCCCS(C)(=O)=O)cc(C)c1-c1cccc(COc2cc3c(cn2)C2CC2C3)c1. The fourth-order valence-corrected chi connectivity index (χ4v) is 5.80. The average molecular weight is 478 g/mol. The molecule has 0 amide bonds. The van der Waals surface area contributed by atoms with E-state index in [1.807, 2.05) is 18.3 Å². The minimum atomic E-state index is -2.96. The molecule has 0 saturated heterocycles. The van der Waals surface area contributed by atoms with Gasteiger partial charge < -0.3 is 9.47 Å². The molecule has 0 bridgehead atoms. The topological polar surface area (TPSA) is 65.5 Å². The molecule has 2 aliphatic rings. The van der Waals surface area contributed by atoms with Crippen LogP contribution in [-0.2, 0) is 22.9 Å². The Morgan fingerprint density at radius 1 is 1.06 bits per heavy atom. The molecule has 5 rings (SSSR count). The highest BCUT2D eigenvalue weighted by Crippen LogP contribution is 2.56. The van der Waals surface area contributed by atoms with Gasteiger partial charge in [0.05, 0.1) is 12.4 Å². The van der Waals surface area contributed by atoms with Gasteiger partial charge in [0.1, 0.15) is 22.2 Å². The van der Waals surface area contributed by atoms with Crippen molar-refractivity contribution in [3.63, 3.8) is 0 Å². The van der Waals surface area contributed by atoms with E-state index in [0.29, 0.717) is 25.5 Å². The first-order valence-electron chi connectivity index (χ1n) is 11.9. The molecule has 6 heteroatoms. The van der Waals surface area contributed by atoms with Gasteiger partial charge in [-0.1, -0.05) is 18.2 Å². The third-order valence-electron chi connectivity index (χ3n) is 6.84. The number of aromatic nitrogens is 1. The van der Waals surface area contributed by atoms with Crippen LogP contribution in [-0.4, -0.2) is 32.0 Å². The maximum absolute atomic E-state index is 11.3. The summed E-state index contributed by atoms with van der Waals surface area (Å²) in [6.07, 6.45) is 6.25. The molecule has 5 nitrogen and oxygen atoms in total. The summed E-state index contributed by atoms with van der Waals surface area (Å²) in [5.74, 6) is 3.21. The molecule has 2 aromatic carbocycles. The minimum Gasteiger partial charge on any atom is -0.494 e. The molecule has 2 aliphatic carbocycles. The number of benzene rings is 2. The van der Waals surface area contributed by atoms with E-state index in [4.69, 9.17) is 9.47 Å². The van der Waals surface area contributed by atoms with E-state index < -0.39 is 9.84 Å². The molecule has 3 aromatic rings. The van der Waals surface area contributed by atoms with Gasteiger partial charge in [-0.15, -0.1) is 0 Å². The molecular formula is C28H31NO4S. The molecule has 178 valence electrons. The van der Waals surface area contributed by atoms with Gasteiger partial charge in [-0.25, -0.2) is 13.4 Å². The van der Waals surface area contributed by atoms with Crippen LogP contribution in [0.1, 0.15) is 46.6 Å². The van der Waals surface area contributed by atoms with Gasteiger partial charge in [-0.3, -0.25) is 0 Å². The van der Waals surface area contributed by atoms with Gasteiger partial charge in [0.2, 0.25) is 5.88 Å². The van der Waals surface area contributed by atoms with Crippen LogP contribution in [0, 0.1) is 19.8 Å². The van der Waals surface area contributed by atoms with Crippen molar-refractivity contribution < 1.29 is 17.9 Å². The number of hydrogen-bond acceptors (Lipinski definition) is 5. The Morgan fingerprint density at radius 2 is 1.85 bits per heavy atom. The number of fused-ring (bicyclic) bond motifs is 3. The Bertz CT molecular complexity index is 1310. The predicted octanol–water partition coefficient (Wildman–Crippen LogP) is 5.42. The van der Waals surface area contributed by atoms with Crippen LogP contribution in [0.15, 0.2) is 48.7 Å². The smallest absolute Gasteiger partial charge is 0.213 e. The lowest BCUT2D eigenvalue weighted by Crippen LogP contribution is -2.08. The molecule has 0 radical (unpaired) electrons. The van der Waals surface area contributed by atoms with Crippen molar-refractivity contribution in [1.29, 1.82) is 0 Å². The van der Waals surface area contributed by atoms with Gasteiger partial charge in [-0.05, 0) is 102 Å². The van der Waals surface area contributed by atoms with Crippen LogP contribution in [0.5, 0.6) is 11.6 Å². The van der Waals surface area contributed by atoms with Crippen LogP contribution >= 0.6 is 0 Å². The average Bonchev–Trinajstić information content (AvgIpc) is 3.45. The zero-order chi connectivity index (χ0) is 23.9. The Hall–Kier alpha value is -2.86. The molecule has 34 heavy (non-hydrogen) atoms. The normalized spacial score (nSPS) is 18.3. The third kappa shape index (κ3) is 5.12.